The maximum atomic E-state index is 13.0. The fourth-order valence-electron chi connectivity index (χ4n) is 5.18. The minimum absolute atomic E-state index is 0.103. The number of nitrogens with zero attached hydrogens (tertiary/aromatic N) is 3. The van der Waals surface area contributed by atoms with E-state index in [4.69, 9.17) is 0 Å². The van der Waals surface area contributed by atoms with Crippen LogP contribution in [0.5, 0.6) is 0 Å². The van der Waals surface area contributed by atoms with Gasteiger partial charge in [0.25, 0.3) is 0 Å². The maximum Gasteiger partial charge on any atom is 0.225 e. The molecule has 0 N–H and O–H groups in total. The van der Waals surface area contributed by atoms with Crippen LogP contribution >= 0.6 is 0 Å². The molecule has 0 unspecified atom stereocenters. The van der Waals surface area contributed by atoms with Crippen molar-refractivity contribution in [1.82, 2.24) is 14.7 Å². The molecular formula is C24H35N3O2. The summed E-state index contributed by atoms with van der Waals surface area (Å²) in [5, 5.41) is 0. The van der Waals surface area contributed by atoms with Crippen LogP contribution in [0, 0.1) is 11.8 Å². The zero-order chi connectivity index (χ0) is 20.1. The molecule has 29 heavy (non-hydrogen) atoms. The molecule has 5 heteroatoms. The zero-order valence-corrected chi connectivity index (χ0v) is 17.6. The average Bonchev–Trinajstić information content (AvgIpc) is 2.80. The summed E-state index contributed by atoms with van der Waals surface area (Å²) in [7, 11) is 0. The highest BCUT2D eigenvalue weighted by atomic mass is 16.2. The molecule has 2 saturated heterocycles. The normalized spacial score (nSPS) is 22.6. The molecular weight excluding hydrogens is 362 g/mol. The van der Waals surface area contributed by atoms with Crippen LogP contribution in [0.4, 0.5) is 0 Å². The molecule has 5 nitrogen and oxygen atoms in total. The predicted molar refractivity (Wildman–Crippen MR) is 114 cm³/mol. The van der Waals surface area contributed by atoms with E-state index in [1.165, 1.54) is 24.8 Å². The summed E-state index contributed by atoms with van der Waals surface area (Å²) in [5.74, 6) is 1.01. The van der Waals surface area contributed by atoms with E-state index in [9.17, 15) is 9.59 Å². The largest absolute Gasteiger partial charge is 0.342 e. The fourth-order valence-corrected chi connectivity index (χ4v) is 5.18. The number of carbonyl (C=O) groups excluding carboxylic acids is 2. The molecule has 0 bridgehead atoms. The smallest absolute Gasteiger partial charge is 0.225 e. The second-order valence-electron chi connectivity index (χ2n) is 9.02. The number of likely N-dealkylation sites (tertiary alicyclic amines) is 1. The number of piperazine rings is 1. The highest BCUT2D eigenvalue weighted by molar-refractivity contribution is 5.81. The molecule has 158 valence electrons. The van der Waals surface area contributed by atoms with Crippen LogP contribution in [0.3, 0.4) is 0 Å². The van der Waals surface area contributed by atoms with Crippen LogP contribution < -0.4 is 0 Å². The molecule has 1 aliphatic carbocycles. The number of rotatable bonds is 4. The van der Waals surface area contributed by atoms with Crippen molar-refractivity contribution in [3.05, 3.63) is 35.9 Å². The molecule has 1 aromatic rings. The lowest BCUT2D eigenvalue weighted by atomic mass is 9.87. The summed E-state index contributed by atoms with van der Waals surface area (Å²) < 4.78 is 0. The molecule has 1 aromatic carbocycles. The third-order valence-corrected chi connectivity index (χ3v) is 7.04. The Labute approximate surface area is 175 Å². The van der Waals surface area contributed by atoms with Gasteiger partial charge < -0.3 is 9.80 Å². The van der Waals surface area contributed by atoms with E-state index in [0.717, 1.165) is 71.5 Å². The highest BCUT2D eigenvalue weighted by Crippen LogP contribution is 2.28. The molecule has 0 spiro atoms. The van der Waals surface area contributed by atoms with Crippen molar-refractivity contribution in [3.63, 3.8) is 0 Å². The van der Waals surface area contributed by atoms with Gasteiger partial charge in [-0.15, -0.1) is 0 Å². The van der Waals surface area contributed by atoms with Gasteiger partial charge in [0.2, 0.25) is 11.8 Å². The SMILES string of the molecule is O=C(C1CCCCC1)N1CCC(C(=O)N2CCN(Cc3ccccc3)CC2)CC1. The van der Waals surface area contributed by atoms with Gasteiger partial charge in [-0.3, -0.25) is 14.5 Å². The quantitative estimate of drug-likeness (QED) is 0.784. The van der Waals surface area contributed by atoms with E-state index >= 15 is 0 Å². The Bertz CT molecular complexity index is 671. The summed E-state index contributed by atoms with van der Waals surface area (Å²) in [6, 6.07) is 10.6. The first-order valence-electron chi connectivity index (χ1n) is 11.5. The van der Waals surface area contributed by atoms with Gasteiger partial charge in [-0.05, 0) is 31.2 Å². The van der Waals surface area contributed by atoms with Crippen LogP contribution in [0.1, 0.15) is 50.5 Å². The van der Waals surface area contributed by atoms with Crippen LogP contribution in [0.15, 0.2) is 30.3 Å². The number of hydrogen-bond acceptors (Lipinski definition) is 3. The topological polar surface area (TPSA) is 43.9 Å². The highest BCUT2D eigenvalue weighted by Gasteiger charge is 2.33. The lowest BCUT2D eigenvalue weighted by Gasteiger charge is -2.39. The van der Waals surface area contributed by atoms with E-state index in [1.807, 2.05) is 11.0 Å². The predicted octanol–water partition coefficient (Wildman–Crippen LogP) is 3.15. The van der Waals surface area contributed by atoms with Crippen LogP contribution in [-0.4, -0.2) is 65.8 Å². The van der Waals surface area contributed by atoms with Gasteiger partial charge >= 0.3 is 0 Å². The zero-order valence-electron chi connectivity index (χ0n) is 17.6. The number of hydrogen-bond donors (Lipinski definition) is 0. The first kappa shape index (κ1) is 20.4. The van der Waals surface area contributed by atoms with Gasteiger partial charge in [-0.25, -0.2) is 0 Å². The number of benzene rings is 1. The summed E-state index contributed by atoms with van der Waals surface area (Å²) in [6.45, 7) is 6.03. The Hall–Kier alpha value is -1.88. The Morgan fingerprint density at radius 2 is 1.24 bits per heavy atom. The molecule has 2 aliphatic heterocycles. The molecule has 1 saturated carbocycles. The van der Waals surface area contributed by atoms with Gasteiger partial charge in [0.05, 0.1) is 0 Å². The molecule has 2 heterocycles. The van der Waals surface area contributed by atoms with Gasteiger partial charge in [0.15, 0.2) is 0 Å². The Kier molecular flexibility index (Phi) is 6.86. The first-order valence-corrected chi connectivity index (χ1v) is 11.5. The number of amides is 2. The monoisotopic (exact) mass is 397 g/mol. The molecule has 0 aromatic heterocycles. The van der Waals surface area contributed by atoms with Crippen LogP contribution in [0.25, 0.3) is 0 Å². The molecule has 0 radical (unpaired) electrons. The van der Waals surface area contributed by atoms with Crippen molar-refractivity contribution < 1.29 is 9.59 Å². The average molecular weight is 398 g/mol. The second-order valence-corrected chi connectivity index (χ2v) is 9.02. The molecule has 4 rings (SSSR count). The summed E-state index contributed by atoms with van der Waals surface area (Å²) in [5.41, 5.74) is 1.34. The van der Waals surface area contributed by atoms with Crippen molar-refractivity contribution in [2.75, 3.05) is 39.3 Å². The molecule has 3 fully saturated rings. The van der Waals surface area contributed by atoms with Crippen molar-refractivity contribution in [1.29, 1.82) is 0 Å². The Morgan fingerprint density at radius 3 is 1.86 bits per heavy atom. The number of piperidine rings is 1. The van der Waals surface area contributed by atoms with Gasteiger partial charge in [-0.1, -0.05) is 49.6 Å². The third-order valence-electron chi connectivity index (χ3n) is 7.04. The fraction of sp³-hybridized carbons (Fsp3) is 0.667. The third kappa shape index (κ3) is 5.19. The molecule has 2 amide bonds. The second kappa shape index (κ2) is 9.75. The lowest BCUT2D eigenvalue weighted by Crippen LogP contribution is -2.52. The van der Waals surface area contributed by atoms with Gasteiger partial charge in [0.1, 0.15) is 0 Å². The lowest BCUT2D eigenvalue weighted by molar-refractivity contribution is -0.144. The Morgan fingerprint density at radius 1 is 0.690 bits per heavy atom. The summed E-state index contributed by atoms with van der Waals surface area (Å²) >= 11 is 0. The van der Waals surface area contributed by atoms with E-state index in [0.29, 0.717) is 11.8 Å². The van der Waals surface area contributed by atoms with E-state index in [-0.39, 0.29) is 11.8 Å². The van der Waals surface area contributed by atoms with Crippen LogP contribution in [0.2, 0.25) is 0 Å². The van der Waals surface area contributed by atoms with E-state index < -0.39 is 0 Å². The minimum atomic E-state index is 0.103. The van der Waals surface area contributed by atoms with Gasteiger partial charge in [-0.2, -0.15) is 0 Å². The van der Waals surface area contributed by atoms with Gasteiger partial charge in [0, 0.05) is 57.6 Å². The summed E-state index contributed by atoms with van der Waals surface area (Å²) in [4.78, 5) is 32.3. The van der Waals surface area contributed by atoms with E-state index in [1.54, 1.807) is 0 Å². The van der Waals surface area contributed by atoms with E-state index in [2.05, 4.69) is 34.1 Å². The van der Waals surface area contributed by atoms with Crippen molar-refractivity contribution in [2.24, 2.45) is 11.8 Å². The molecule has 3 aliphatic rings. The minimum Gasteiger partial charge on any atom is -0.342 e. The Balaban J connectivity index is 1.20. The molecule has 0 atom stereocenters. The first-order chi connectivity index (χ1) is 14.2. The van der Waals surface area contributed by atoms with Crippen molar-refractivity contribution >= 4 is 11.8 Å². The van der Waals surface area contributed by atoms with Crippen molar-refractivity contribution in [3.8, 4) is 0 Å². The number of carbonyl (C=O) groups is 2. The van der Waals surface area contributed by atoms with Crippen LogP contribution in [-0.2, 0) is 16.1 Å². The van der Waals surface area contributed by atoms with Crippen molar-refractivity contribution in [2.45, 2.75) is 51.5 Å². The summed E-state index contributed by atoms with van der Waals surface area (Å²) in [6.07, 6.45) is 7.46. The maximum absolute atomic E-state index is 13.0. The standard InChI is InChI=1S/C24H35N3O2/c28-23(21-9-5-2-6-10-21)26-13-11-22(12-14-26)24(29)27-17-15-25(16-18-27)19-20-7-3-1-4-8-20/h1,3-4,7-8,21-22H,2,5-6,9-19H2.